The van der Waals surface area contributed by atoms with Gasteiger partial charge in [0.15, 0.2) is 0 Å². The second-order valence-corrected chi connectivity index (χ2v) is 6.33. The molecule has 0 bridgehead atoms. The summed E-state index contributed by atoms with van der Waals surface area (Å²) in [6.07, 6.45) is 6.33. The smallest absolute Gasteiger partial charge is 0.316 e. The molecule has 0 amide bonds. The van der Waals surface area contributed by atoms with Crippen molar-refractivity contribution in [3.63, 3.8) is 0 Å². The number of unbranched alkanes of at least 4 members (excludes halogenated alkanes) is 2. The van der Waals surface area contributed by atoms with E-state index in [4.69, 9.17) is 9.84 Å². The molecule has 4 nitrogen and oxygen atoms in total. The fraction of sp³-hybridized carbons (Fsp3) is 0.368. The van der Waals surface area contributed by atoms with Gasteiger partial charge in [0, 0.05) is 6.20 Å². The molecular formula is C19H23NO3S. The lowest BCUT2D eigenvalue weighted by atomic mass is 10.1. The second-order valence-electron chi connectivity index (χ2n) is 5.71. The van der Waals surface area contributed by atoms with Gasteiger partial charge in [-0.1, -0.05) is 31.0 Å². The van der Waals surface area contributed by atoms with Gasteiger partial charge < -0.3 is 9.84 Å². The standard InChI is InChI=1S/C19H23NO3S/c21-19(22)18(24)8-3-1-2-6-15-9-11-17(12-10-15)23-14-16-7-4-5-13-20-16/h4-5,7,9-13,18,24H,1-3,6,8,14H2,(H,21,22). The van der Waals surface area contributed by atoms with Crippen LogP contribution in [0.2, 0.25) is 0 Å². The Hall–Kier alpha value is -2.01. The van der Waals surface area contributed by atoms with Crippen LogP contribution in [-0.4, -0.2) is 21.3 Å². The Labute approximate surface area is 148 Å². The third-order valence-electron chi connectivity index (χ3n) is 3.76. The molecule has 2 aromatic rings. The summed E-state index contributed by atoms with van der Waals surface area (Å²) in [5, 5.41) is 8.23. The summed E-state index contributed by atoms with van der Waals surface area (Å²) in [5.41, 5.74) is 2.17. The minimum Gasteiger partial charge on any atom is -0.487 e. The van der Waals surface area contributed by atoms with Crippen molar-refractivity contribution in [3.05, 3.63) is 59.9 Å². The number of carboxylic acids is 1. The quantitative estimate of drug-likeness (QED) is 0.502. The molecule has 0 aliphatic carbocycles. The monoisotopic (exact) mass is 345 g/mol. The number of ether oxygens (including phenoxy) is 1. The highest BCUT2D eigenvalue weighted by molar-refractivity contribution is 7.81. The molecule has 0 spiro atoms. The number of nitrogens with zero attached hydrogens (tertiary/aromatic N) is 1. The molecule has 0 aliphatic rings. The van der Waals surface area contributed by atoms with Gasteiger partial charge >= 0.3 is 5.97 Å². The van der Waals surface area contributed by atoms with Crippen LogP contribution in [0.5, 0.6) is 5.75 Å². The van der Waals surface area contributed by atoms with Gasteiger partial charge in [-0.05, 0) is 49.1 Å². The molecule has 0 radical (unpaired) electrons. The van der Waals surface area contributed by atoms with Crippen LogP contribution in [0, 0.1) is 0 Å². The fourth-order valence-corrected chi connectivity index (χ4v) is 2.54. The summed E-state index contributed by atoms with van der Waals surface area (Å²) in [6, 6.07) is 13.9. The van der Waals surface area contributed by atoms with Crippen molar-refractivity contribution in [2.24, 2.45) is 0 Å². The molecule has 1 N–H and O–H groups in total. The maximum Gasteiger partial charge on any atom is 0.316 e. The van der Waals surface area contributed by atoms with E-state index in [1.807, 2.05) is 30.3 Å². The number of pyridine rings is 1. The Kier molecular flexibility index (Phi) is 7.62. The van der Waals surface area contributed by atoms with Crippen LogP contribution in [0.4, 0.5) is 0 Å². The van der Waals surface area contributed by atoms with E-state index in [0.29, 0.717) is 13.0 Å². The van der Waals surface area contributed by atoms with Crippen LogP contribution in [0.25, 0.3) is 0 Å². The fourth-order valence-electron chi connectivity index (χ4n) is 2.36. The number of hydrogen-bond acceptors (Lipinski definition) is 4. The first-order valence-corrected chi connectivity index (χ1v) is 8.69. The average molecular weight is 345 g/mol. The molecule has 1 aromatic carbocycles. The van der Waals surface area contributed by atoms with Crippen LogP contribution in [0.3, 0.4) is 0 Å². The highest BCUT2D eigenvalue weighted by Gasteiger charge is 2.10. The lowest BCUT2D eigenvalue weighted by molar-refractivity contribution is -0.136. The number of aryl methyl sites for hydroxylation is 1. The van der Waals surface area contributed by atoms with Crippen LogP contribution < -0.4 is 4.74 Å². The van der Waals surface area contributed by atoms with Crippen LogP contribution >= 0.6 is 12.6 Å². The van der Waals surface area contributed by atoms with E-state index in [1.165, 1.54) is 5.56 Å². The zero-order valence-corrected chi connectivity index (χ0v) is 14.5. The van der Waals surface area contributed by atoms with Gasteiger partial charge in [0.2, 0.25) is 0 Å². The van der Waals surface area contributed by atoms with Crippen molar-refractivity contribution >= 4 is 18.6 Å². The molecule has 1 aromatic heterocycles. The van der Waals surface area contributed by atoms with Crippen molar-refractivity contribution in [3.8, 4) is 5.75 Å². The van der Waals surface area contributed by atoms with E-state index >= 15 is 0 Å². The van der Waals surface area contributed by atoms with Crippen molar-refractivity contribution in [1.29, 1.82) is 0 Å². The van der Waals surface area contributed by atoms with E-state index in [0.717, 1.165) is 37.1 Å². The summed E-state index contributed by atoms with van der Waals surface area (Å²) in [4.78, 5) is 14.9. The van der Waals surface area contributed by atoms with E-state index in [9.17, 15) is 4.79 Å². The summed E-state index contributed by atoms with van der Waals surface area (Å²) >= 11 is 4.04. The third-order valence-corrected chi connectivity index (χ3v) is 4.24. The Morgan fingerprint density at radius 3 is 2.58 bits per heavy atom. The Morgan fingerprint density at radius 2 is 1.92 bits per heavy atom. The van der Waals surface area contributed by atoms with Gasteiger partial charge in [-0.25, -0.2) is 0 Å². The highest BCUT2D eigenvalue weighted by atomic mass is 32.1. The molecule has 2 rings (SSSR count). The molecule has 0 fully saturated rings. The number of rotatable bonds is 10. The van der Waals surface area contributed by atoms with Gasteiger partial charge in [0.05, 0.1) is 10.9 Å². The van der Waals surface area contributed by atoms with Gasteiger partial charge in [-0.3, -0.25) is 9.78 Å². The SMILES string of the molecule is O=C(O)C(S)CCCCCc1ccc(OCc2ccccn2)cc1. The van der Waals surface area contributed by atoms with Gasteiger partial charge in [-0.2, -0.15) is 12.6 Å². The first-order chi connectivity index (χ1) is 11.6. The van der Waals surface area contributed by atoms with Crippen LogP contribution in [0.1, 0.15) is 36.9 Å². The zero-order chi connectivity index (χ0) is 17.2. The number of thiol groups is 1. The molecule has 1 atom stereocenters. The number of hydrogen-bond donors (Lipinski definition) is 2. The largest absolute Gasteiger partial charge is 0.487 e. The summed E-state index contributed by atoms with van der Waals surface area (Å²) < 4.78 is 5.71. The third kappa shape index (κ3) is 6.62. The molecule has 24 heavy (non-hydrogen) atoms. The molecule has 1 unspecified atom stereocenters. The molecule has 0 saturated carbocycles. The molecule has 0 saturated heterocycles. The first-order valence-electron chi connectivity index (χ1n) is 8.17. The van der Waals surface area contributed by atoms with Crippen LogP contribution in [-0.2, 0) is 17.8 Å². The number of aromatic nitrogens is 1. The average Bonchev–Trinajstić information content (AvgIpc) is 2.61. The van der Waals surface area contributed by atoms with Crippen LogP contribution in [0.15, 0.2) is 48.7 Å². The molecule has 128 valence electrons. The molecular weight excluding hydrogens is 322 g/mol. The normalized spacial score (nSPS) is 11.9. The number of benzene rings is 1. The predicted molar refractivity (Wildman–Crippen MR) is 97.6 cm³/mol. The Morgan fingerprint density at radius 1 is 1.12 bits per heavy atom. The zero-order valence-electron chi connectivity index (χ0n) is 13.6. The van der Waals surface area contributed by atoms with E-state index < -0.39 is 11.2 Å². The summed E-state index contributed by atoms with van der Waals surface area (Å²) in [6.45, 7) is 0.467. The molecule has 5 heteroatoms. The maximum atomic E-state index is 10.7. The van der Waals surface area contributed by atoms with Crippen molar-refractivity contribution in [2.75, 3.05) is 0 Å². The predicted octanol–water partition coefficient (Wildman–Crippen LogP) is 4.15. The van der Waals surface area contributed by atoms with E-state index in [2.05, 4.69) is 29.7 Å². The number of aliphatic carboxylic acids is 1. The second kappa shape index (κ2) is 9.98. The van der Waals surface area contributed by atoms with Crippen molar-refractivity contribution < 1.29 is 14.6 Å². The van der Waals surface area contributed by atoms with Crippen molar-refractivity contribution in [2.45, 2.75) is 44.0 Å². The Bertz CT molecular complexity index is 616. The summed E-state index contributed by atoms with van der Waals surface area (Å²) in [7, 11) is 0. The number of carbonyl (C=O) groups is 1. The highest BCUT2D eigenvalue weighted by Crippen LogP contribution is 2.16. The van der Waals surface area contributed by atoms with Crippen molar-refractivity contribution in [1.82, 2.24) is 4.98 Å². The van der Waals surface area contributed by atoms with Gasteiger partial charge in [0.25, 0.3) is 0 Å². The van der Waals surface area contributed by atoms with E-state index in [1.54, 1.807) is 6.20 Å². The van der Waals surface area contributed by atoms with E-state index in [-0.39, 0.29) is 0 Å². The first kappa shape index (κ1) is 18.3. The minimum atomic E-state index is -0.834. The van der Waals surface area contributed by atoms with Gasteiger partial charge in [-0.15, -0.1) is 0 Å². The minimum absolute atomic E-state index is 0.467. The Balaban J connectivity index is 1.66. The lowest BCUT2D eigenvalue weighted by Gasteiger charge is -2.07. The van der Waals surface area contributed by atoms with Gasteiger partial charge in [0.1, 0.15) is 12.4 Å². The molecule has 0 aliphatic heterocycles. The lowest BCUT2D eigenvalue weighted by Crippen LogP contribution is -2.12. The molecule has 1 heterocycles. The summed E-state index contributed by atoms with van der Waals surface area (Å²) in [5.74, 6) is 0.00315. The topological polar surface area (TPSA) is 59.4 Å². The number of carboxylic acid groups (broad SMARTS) is 1. The maximum absolute atomic E-state index is 10.7.